The van der Waals surface area contributed by atoms with Gasteiger partial charge in [0.1, 0.15) is 5.82 Å². The van der Waals surface area contributed by atoms with Gasteiger partial charge in [-0.15, -0.1) is 0 Å². The first kappa shape index (κ1) is 12.8. The molecule has 1 saturated carbocycles. The molecule has 18 heavy (non-hydrogen) atoms. The van der Waals surface area contributed by atoms with Crippen molar-refractivity contribution in [2.75, 3.05) is 5.32 Å². The first-order valence-electron chi connectivity index (χ1n) is 5.79. The number of aromatic nitrogens is 3. The summed E-state index contributed by atoms with van der Waals surface area (Å²) in [5.74, 6) is 1.61. The van der Waals surface area contributed by atoms with Gasteiger partial charge in [0.15, 0.2) is 5.65 Å². The van der Waals surface area contributed by atoms with Crippen molar-refractivity contribution in [1.29, 1.82) is 0 Å². The predicted octanol–water partition coefficient (Wildman–Crippen LogP) is 4.14. The lowest BCUT2D eigenvalue weighted by Gasteiger charge is -2.14. The van der Waals surface area contributed by atoms with Gasteiger partial charge in [0.25, 0.3) is 0 Å². The molecule has 2 heterocycles. The molecule has 2 aromatic heterocycles. The van der Waals surface area contributed by atoms with Crippen molar-refractivity contribution in [3.63, 3.8) is 0 Å². The minimum atomic E-state index is 0.290. The Labute approximate surface area is 127 Å². The van der Waals surface area contributed by atoms with Crippen molar-refractivity contribution >= 4 is 58.8 Å². The van der Waals surface area contributed by atoms with Crippen LogP contribution >= 0.6 is 41.9 Å². The molecule has 1 aliphatic rings. The van der Waals surface area contributed by atoms with Gasteiger partial charge in [0.2, 0.25) is 5.28 Å². The minimum absolute atomic E-state index is 0.290. The van der Waals surface area contributed by atoms with E-state index in [1.54, 1.807) is 9.12 Å². The standard InChI is InChI=1S/C11H12ClIN4S/c1-6(7-2-3-7)14-9-8-4-5-17(18-13)10(8)16-11(12)15-9/h4-7H,2-3H2,1H3,(H,14,15,16)/t6-/m0/s1. The second-order valence-corrected chi connectivity index (χ2v) is 6.61. The summed E-state index contributed by atoms with van der Waals surface area (Å²) in [6.45, 7) is 2.20. The molecule has 1 N–H and O–H groups in total. The summed E-state index contributed by atoms with van der Waals surface area (Å²) in [5.41, 5.74) is 0.861. The third-order valence-corrected chi connectivity index (χ3v) is 5.14. The van der Waals surface area contributed by atoms with Crippen LogP contribution in [0, 0.1) is 5.92 Å². The summed E-state index contributed by atoms with van der Waals surface area (Å²) < 4.78 is 1.98. The average Bonchev–Trinajstić information content (AvgIpc) is 3.10. The van der Waals surface area contributed by atoms with Crippen molar-refractivity contribution < 1.29 is 0 Å². The maximum Gasteiger partial charge on any atom is 0.226 e. The zero-order chi connectivity index (χ0) is 12.7. The number of nitrogens with zero attached hydrogens (tertiary/aromatic N) is 3. The third kappa shape index (κ3) is 2.42. The highest BCUT2D eigenvalue weighted by Gasteiger charge is 2.28. The van der Waals surface area contributed by atoms with E-state index in [0.29, 0.717) is 11.3 Å². The van der Waals surface area contributed by atoms with E-state index in [1.807, 2.05) is 16.2 Å². The lowest BCUT2D eigenvalue weighted by atomic mass is 10.2. The van der Waals surface area contributed by atoms with Crippen molar-refractivity contribution in [2.45, 2.75) is 25.8 Å². The number of hydrogen-bond donors (Lipinski definition) is 1. The molecule has 7 heteroatoms. The molecule has 0 spiro atoms. The largest absolute Gasteiger partial charge is 0.367 e. The Balaban J connectivity index is 2.01. The number of fused-ring (bicyclic) bond motifs is 1. The van der Waals surface area contributed by atoms with Crippen LogP contribution in [0.2, 0.25) is 5.28 Å². The normalized spacial score (nSPS) is 17.1. The summed E-state index contributed by atoms with van der Waals surface area (Å²) in [7, 11) is 1.57. The molecule has 0 aromatic carbocycles. The van der Waals surface area contributed by atoms with Crippen LogP contribution < -0.4 is 5.32 Å². The van der Waals surface area contributed by atoms with E-state index in [2.05, 4.69) is 43.4 Å². The number of halogens is 2. The van der Waals surface area contributed by atoms with Gasteiger partial charge in [0.05, 0.1) is 5.39 Å². The zero-order valence-electron chi connectivity index (χ0n) is 9.73. The van der Waals surface area contributed by atoms with Crippen LogP contribution in [-0.4, -0.2) is 20.0 Å². The first-order chi connectivity index (χ1) is 8.69. The van der Waals surface area contributed by atoms with Crippen LogP contribution in [0.25, 0.3) is 11.0 Å². The van der Waals surface area contributed by atoms with E-state index in [4.69, 9.17) is 11.6 Å². The molecule has 0 bridgehead atoms. The summed E-state index contributed by atoms with van der Waals surface area (Å²) >= 11 is 8.22. The molecule has 0 amide bonds. The number of rotatable bonds is 4. The average molecular weight is 395 g/mol. The second-order valence-electron chi connectivity index (χ2n) is 4.56. The Hall–Kier alpha value is -0.210. The Bertz CT molecular complexity index is 584. The molecule has 1 fully saturated rings. The van der Waals surface area contributed by atoms with Gasteiger partial charge in [0, 0.05) is 42.6 Å². The van der Waals surface area contributed by atoms with Crippen molar-refractivity contribution in [2.24, 2.45) is 5.92 Å². The molecule has 1 aliphatic carbocycles. The third-order valence-electron chi connectivity index (χ3n) is 3.25. The van der Waals surface area contributed by atoms with Crippen LogP contribution in [0.4, 0.5) is 5.82 Å². The van der Waals surface area contributed by atoms with Crippen molar-refractivity contribution in [3.05, 3.63) is 17.5 Å². The highest BCUT2D eigenvalue weighted by Crippen LogP contribution is 2.35. The van der Waals surface area contributed by atoms with E-state index in [-0.39, 0.29) is 0 Å². The fourth-order valence-corrected chi connectivity index (χ4v) is 3.49. The Kier molecular flexibility index (Phi) is 3.59. The van der Waals surface area contributed by atoms with Gasteiger partial charge in [-0.25, -0.2) is 4.98 Å². The molecule has 0 radical (unpaired) electrons. The molecule has 2 aromatic rings. The SMILES string of the molecule is C[C@H](Nc1nc(Cl)nc2c1ccn2SI)C1CC1. The number of anilines is 1. The monoisotopic (exact) mass is 394 g/mol. The molecule has 0 saturated heterocycles. The Morgan fingerprint density at radius 3 is 3.00 bits per heavy atom. The Morgan fingerprint density at radius 1 is 1.56 bits per heavy atom. The van der Waals surface area contributed by atoms with Gasteiger partial charge < -0.3 is 5.32 Å². The highest BCUT2D eigenvalue weighted by molar-refractivity contribution is 14.2. The predicted molar refractivity (Wildman–Crippen MR) is 85.4 cm³/mol. The van der Waals surface area contributed by atoms with Crippen LogP contribution in [0.5, 0.6) is 0 Å². The van der Waals surface area contributed by atoms with E-state index in [1.165, 1.54) is 12.8 Å². The first-order valence-corrected chi connectivity index (χ1v) is 9.48. The molecule has 0 aliphatic heterocycles. The fraction of sp³-hybridized carbons (Fsp3) is 0.455. The van der Waals surface area contributed by atoms with Gasteiger partial charge in [-0.2, -0.15) is 4.98 Å². The molecule has 3 rings (SSSR count). The van der Waals surface area contributed by atoms with E-state index >= 15 is 0 Å². The lowest BCUT2D eigenvalue weighted by molar-refractivity contribution is 0.691. The summed E-state index contributed by atoms with van der Waals surface area (Å²) in [5, 5.41) is 4.78. The smallest absolute Gasteiger partial charge is 0.226 e. The second kappa shape index (κ2) is 5.05. The Morgan fingerprint density at radius 2 is 2.33 bits per heavy atom. The molecule has 1 atom stereocenters. The van der Waals surface area contributed by atoms with E-state index < -0.39 is 0 Å². The van der Waals surface area contributed by atoms with Gasteiger partial charge >= 0.3 is 0 Å². The van der Waals surface area contributed by atoms with Gasteiger partial charge in [-0.05, 0) is 43.4 Å². The topological polar surface area (TPSA) is 42.7 Å². The van der Waals surface area contributed by atoms with E-state index in [9.17, 15) is 0 Å². The molecular weight excluding hydrogens is 383 g/mol. The minimum Gasteiger partial charge on any atom is -0.367 e. The number of hydrogen-bond acceptors (Lipinski definition) is 4. The maximum absolute atomic E-state index is 6.00. The molecule has 4 nitrogen and oxygen atoms in total. The van der Waals surface area contributed by atoms with Crippen LogP contribution in [-0.2, 0) is 0 Å². The zero-order valence-corrected chi connectivity index (χ0v) is 13.5. The molecule has 96 valence electrons. The summed E-state index contributed by atoms with van der Waals surface area (Å²) in [6.07, 6.45) is 4.60. The number of nitrogens with one attached hydrogen (secondary N) is 1. The highest BCUT2D eigenvalue weighted by atomic mass is 127. The summed E-state index contributed by atoms with van der Waals surface area (Å²) in [4.78, 5) is 8.60. The van der Waals surface area contributed by atoms with E-state index in [0.717, 1.165) is 22.8 Å². The van der Waals surface area contributed by atoms with Gasteiger partial charge in [-0.3, -0.25) is 3.97 Å². The fourth-order valence-electron chi connectivity index (χ4n) is 2.06. The van der Waals surface area contributed by atoms with Gasteiger partial charge in [-0.1, -0.05) is 0 Å². The molecular formula is C11H12ClIN4S. The van der Waals surface area contributed by atoms with Crippen LogP contribution in [0.15, 0.2) is 12.3 Å². The lowest BCUT2D eigenvalue weighted by Crippen LogP contribution is -2.18. The van der Waals surface area contributed by atoms with Crippen molar-refractivity contribution in [3.8, 4) is 0 Å². The quantitative estimate of drug-likeness (QED) is 0.625. The van der Waals surface area contributed by atoms with Crippen LogP contribution in [0.3, 0.4) is 0 Å². The van der Waals surface area contributed by atoms with Crippen LogP contribution in [0.1, 0.15) is 19.8 Å². The summed E-state index contributed by atoms with van der Waals surface area (Å²) in [6, 6.07) is 2.47. The van der Waals surface area contributed by atoms with Crippen molar-refractivity contribution in [1.82, 2.24) is 13.9 Å². The molecule has 0 unspecified atom stereocenters. The maximum atomic E-state index is 6.00.